The minimum atomic E-state index is 0.901. The molecule has 0 spiro atoms. The Bertz CT molecular complexity index is 3160. The number of rotatable bonds is 6. The third kappa shape index (κ3) is 5.39. The first kappa shape index (κ1) is 31.8. The SMILES string of the molecule is C1=CCCC(c2ccccc2N(c2ccc(-c3ccc4sc5ccccc5c4c3)cc2)c2cccc(-c3cccc4oc5c6ccccc6ccc5c34)c2)=C1. The van der Waals surface area contributed by atoms with E-state index in [1.165, 1.54) is 53.5 Å². The van der Waals surface area contributed by atoms with Crippen LogP contribution in [-0.4, -0.2) is 0 Å². The van der Waals surface area contributed by atoms with Crippen molar-refractivity contribution in [3.8, 4) is 22.3 Å². The lowest BCUT2D eigenvalue weighted by molar-refractivity contribution is 0.673. The Labute approximate surface area is 323 Å². The molecule has 2 nitrogen and oxygen atoms in total. The second-order valence-corrected chi connectivity index (χ2v) is 15.4. The minimum Gasteiger partial charge on any atom is -0.455 e. The average Bonchev–Trinajstić information content (AvgIpc) is 3.83. The first-order valence-corrected chi connectivity index (χ1v) is 19.8. The van der Waals surface area contributed by atoms with Crippen LogP contribution in [0.3, 0.4) is 0 Å². The summed E-state index contributed by atoms with van der Waals surface area (Å²) < 4.78 is 9.25. The predicted octanol–water partition coefficient (Wildman–Crippen LogP) is 15.6. The largest absolute Gasteiger partial charge is 0.455 e. The fourth-order valence-electron chi connectivity index (χ4n) is 8.51. The molecule has 0 fully saturated rings. The number of fused-ring (bicyclic) bond motifs is 8. The molecule has 0 saturated heterocycles. The summed E-state index contributed by atoms with van der Waals surface area (Å²) in [5.41, 5.74) is 12.6. The van der Waals surface area contributed by atoms with Crippen LogP contribution in [0.4, 0.5) is 17.1 Å². The van der Waals surface area contributed by atoms with Crippen LogP contribution in [0.1, 0.15) is 18.4 Å². The van der Waals surface area contributed by atoms with Gasteiger partial charge in [0.25, 0.3) is 0 Å². The lowest BCUT2D eigenvalue weighted by atomic mass is 9.94. The standard InChI is InChI=1S/C52H35NOS/c1-2-12-35(13-3-1)41-17-6-8-21-47(41)53(39-28-24-34(25-29-39)37-27-31-50-46(33-37)44-19-7-9-23-49(44)55-50)40-16-10-15-38(32-40)42-20-11-22-48-51(42)45-30-26-36-14-4-5-18-43(36)52(45)54-48/h1-2,4-12,14-33H,3,13H2. The van der Waals surface area contributed by atoms with Gasteiger partial charge in [-0.05, 0) is 107 Å². The van der Waals surface area contributed by atoms with Crippen molar-refractivity contribution in [2.45, 2.75) is 12.8 Å². The summed E-state index contributed by atoms with van der Waals surface area (Å²) in [6, 6.07) is 61.9. The molecule has 0 aliphatic heterocycles. The monoisotopic (exact) mass is 721 g/mol. The Morgan fingerprint density at radius 2 is 1.29 bits per heavy atom. The van der Waals surface area contributed by atoms with Crippen molar-refractivity contribution in [2.75, 3.05) is 4.90 Å². The molecule has 0 unspecified atom stereocenters. The molecule has 0 N–H and O–H groups in total. The van der Waals surface area contributed by atoms with E-state index in [0.717, 1.165) is 62.7 Å². The van der Waals surface area contributed by atoms with E-state index in [2.05, 4.69) is 193 Å². The van der Waals surface area contributed by atoms with Crippen molar-refractivity contribution < 1.29 is 4.42 Å². The van der Waals surface area contributed by atoms with Crippen molar-refractivity contribution in [2.24, 2.45) is 0 Å². The number of hydrogen-bond acceptors (Lipinski definition) is 3. The number of thiophene rings is 1. The Kier molecular flexibility index (Phi) is 7.53. The maximum absolute atomic E-state index is 6.59. The minimum absolute atomic E-state index is 0.901. The van der Waals surface area contributed by atoms with Crippen molar-refractivity contribution in [3.63, 3.8) is 0 Å². The van der Waals surface area contributed by atoms with Gasteiger partial charge in [0.1, 0.15) is 11.2 Å². The van der Waals surface area contributed by atoms with Crippen LogP contribution in [0, 0.1) is 0 Å². The maximum Gasteiger partial charge on any atom is 0.143 e. The van der Waals surface area contributed by atoms with Gasteiger partial charge in [0.05, 0.1) is 5.69 Å². The van der Waals surface area contributed by atoms with E-state index in [9.17, 15) is 0 Å². The molecule has 11 rings (SSSR count). The quantitative estimate of drug-likeness (QED) is 0.170. The van der Waals surface area contributed by atoms with Crippen LogP contribution in [0.25, 0.3) is 80.7 Å². The summed E-state index contributed by atoms with van der Waals surface area (Å²) >= 11 is 1.86. The van der Waals surface area contributed by atoms with Crippen LogP contribution in [0.15, 0.2) is 193 Å². The number of benzene rings is 8. The van der Waals surface area contributed by atoms with Gasteiger partial charge in [0, 0.05) is 53.3 Å². The van der Waals surface area contributed by atoms with Gasteiger partial charge in [-0.2, -0.15) is 0 Å². The first-order valence-electron chi connectivity index (χ1n) is 19.0. The van der Waals surface area contributed by atoms with Crippen LogP contribution < -0.4 is 4.90 Å². The van der Waals surface area contributed by atoms with Gasteiger partial charge >= 0.3 is 0 Å². The van der Waals surface area contributed by atoms with E-state index >= 15 is 0 Å². The molecule has 0 atom stereocenters. The van der Waals surface area contributed by atoms with Crippen molar-refractivity contribution in [3.05, 3.63) is 194 Å². The molecule has 260 valence electrons. The summed E-state index contributed by atoms with van der Waals surface area (Å²) in [7, 11) is 0. The second-order valence-electron chi connectivity index (χ2n) is 14.4. The summed E-state index contributed by atoms with van der Waals surface area (Å²) in [5, 5.41) is 7.24. The molecule has 0 bridgehead atoms. The second kappa shape index (κ2) is 13.0. The smallest absolute Gasteiger partial charge is 0.143 e. The van der Waals surface area contributed by atoms with E-state index in [1.807, 2.05) is 11.3 Å². The van der Waals surface area contributed by atoms with Crippen LogP contribution >= 0.6 is 11.3 Å². The zero-order valence-corrected chi connectivity index (χ0v) is 30.9. The van der Waals surface area contributed by atoms with E-state index in [-0.39, 0.29) is 0 Å². The molecular weight excluding hydrogens is 687 g/mol. The van der Waals surface area contributed by atoms with Crippen molar-refractivity contribution in [1.29, 1.82) is 0 Å². The highest BCUT2D eigenvalue weighted by molar-refractivity contribution is 7.25. The lowest BCUT2D eigenvalue weighted by Gasteiger charge is -2.29. The molecule has 2 aromatic heterocycles. The molecule has 8 aromatic carbocycles. The van der Waals surface area contributed by atoms with Gasteiger partial charge in [0.15, 0.2) is 0 Å². The molecule has 10 aromatic rings. The molecule has 1 aliphatic carbocycles. The molecule has 3 heteroatoms. The average molecular weight is 722 g/mol. The van der Waals surface area contributed by atoms with E-state index in [1.54, 1.807) is 0 Å². The highest BCUT2D eigenvalue weighted by Crippen LogP contribution is 2.45. The normalized spacial score (nSPS) is 13.0. The van der Waals surface area contributed by atoms with Gasteiger partial charge in [0.2, 0.25) is 0 Å². The van der Waals surface area contributed by atoms with Crippen molar-refractivity contribution >= 4 is 86.9 Å². The zero-order chi connectivity index (χ0) is 36.3. The number of nitrogens with zero attached hydrogens (tertiary/aromatic N) is 1. The van der Waals surface area contributed by atoms with Gasteiger partial charge in [-0.25, -0.2) is 0 Å². The molecule has 0 amide bonds. The highest BCUT2D eigenvalue weighted by atomic mass is 32.1. The molecule has 1 aliphatic rings. The first-order chi connectivity index (χ1) is 27.3. The van der Waals surface area contributed by atoms with E-state index in [4.69, 9.17) is 4.42 Å². The fraction of sp³-hybridized carbons (Fsp3) is 0.0385. The number of anilines is 3. The lowest BCUT2D eigenvalue weighted by Crippen LogP contribution is -2.12. The van der Waals surface area contributed by atoms with Gasteiger partial charge in [-0.3, -0.25) is 0 Å². The Morgan fingerprint density at radius 3 is 2.20 bits per heavy atom. The number of allylic oxidation sites excluding steroid dienone is 4. The maximum atomic E-state index is 6.59. The summed E-state index contributed by atoms with van der Waals surface area (Å²) in [5.74, 6) is 0. The molecule has 55 heavy (non-hydrogen) atoms. The number of para-hydroxylation sites is 1. The van der Waals surface area contributed by atoms with Crippen LogP contribution in [-0.2, 0) is 0 Å². The summed E-state index contributed by atoms with van der Waals surface area (Å²) in [4.78, 5) is 2.43. The summed E-state index contributed by atoms with van der Waals surface area (Å²) in [6.45, 7) is 0. The van der Waals surface area contributed by atoms with Crippen molar-refractivity contribution in [1.82, 2.24) is 0 Å². The fourth-order valence-corrected chi connectivity index (χ4v) is 9.60. The van der Waals surface area contributed by atoms with Gasteiger partial charge in [-0.1, -0.05) is 127 Å². The topological polar surface area (TPSA) is 16.4 Å². The van der Waals surface area contributed by atoms with Crippen LogP contribution in [0.5, 0.6) is 0 Å². The van der Waals surface area contributed by atoms with E-state index in [0.29, 0.717) is 0 Å². The Balaban J connectivity index is 1.06. The Morgan fingerprint density at radius 1 is 0.509 bits per heavy atom. The van der Waals surface area contributed by atoms with Crippen LogP contribution in [0.2, 0.25) is 0 Å². The number of furan rings is 1. The zero-order valence-electron chi connectivity index (χ0n) is 30.1. The van der Waals surface area contributed by atoms with E-state index < -0.39 is 0 Å². The molecule has 0 saturated carbocycles. The molecule has 0 radical (unpaired) electrons. The molecule has 2 heterocycles. The third-order valence-corrected chi connectivity index (χ3v) is 12.3. The number of hydrogen-bond donors (Lipinski definition) is 0. The third-order valence-electron chi connectivity index (χ3n) is 11.1. The van der Waals surface area contributed by atoms with Gasteiger partial charge in [-0.15, -0.1) is 11.3 Å². The Hall–Kier alpha value is -6.68. The van der Waals surface area contributed by atoms with Gasteiger partial charge < -0.3 is 9.32 Å². The predicted molar refractivity (Wildman–Crippen MR) is 236 cm³/mol. The summed E-state index contributed by atoms with van der Waals surface area (Å²) in [6.07, 6.45) is 8.79. The highest BCUT2D eigenvalue weighted by Gasteiger charge is 2.21. The molecular formula is C52H35NOS.